The quantitative estimate of drug-likeness (QED) is 0.718. The fourth-order valence-electron chi connectivity index (χ4n) is 5.24. The van der Waals surface area contributed by atoms with E-state index in [4.69, 9.17) is 4.74 Å². The molecule has 156 valence electrons. The largest absolute Gasteiger partial charge is 0.461 e. The first-order valence-corrected chi connectivity index (χ1v) is 11.5. The summed E-state index contributed by atoms with van der Waals surface area (Å²) in [6.45, 7) is 4.09. The first kappa shape index (κ1) is 19.1. The number of carbonyl (C=O) groups excluding carboxylic acids is 2. The number of benzene rings is 1. The van der Waals surface area contributed by atoms with Gasteiger partial charge in [-0.15, -0.1) is 0 Å². The van der Waals surface area contributed by atoms with Crippen molar-refractivity contribution in [3.05, 3.63) is 34.9 Å². The van der Waals surface area contributed by atoms with Gasteiger partial charge in [0.25, 0.3) is 0 Å². The van der Waals surface area contributed by atoms with Gasteiger partial charge in [0.2, 0.25) is 5.91 Å². The molecule has 0 spiro atoms. The highest BCUT2D eigenvalue weighted by Gasteiger charge is 2.38. The Morgan fingerprint density at radius 1 is 0.931 bits per heavy atom. The van der Waals surface area contributed by atoms with Crippen LogP contribution < -0.4 is 0 Å². The molecule has 2 heterocycles. The molecule has 0 radical (unpaired) electrons. The van der Waals surface area contributed by atoms with Crippen LogP contribution in [0.5, 0.6) is 0 Å². The molecule has 2 aliphatic carbocycles. The highest BCUT2D eigenvalue weighted by atomic mass is 16.5. The van der Waals surface area contributed by atoms with Crippen molar-refractivity contribution >= 4 is 11.9 Å². The lowest BCUT2D eigenvalue weighted by molar-refractivity contribution is -0.156. The lowest BCUT2D eigenvalue weighted by Crippen LogP contribution is -2.44. The summed E-state index contributed by atoms with van der Waals surface area (Å²) in [5, 5.41) is 0. The van der Waals surface area contributed by atoms with Crippen LogP contribution in [0.15, 0.2) is 18.2 Å². The number of aryl methyl sites for hydroxylation is 2. The number of fused-ring (bicyclic) bond motifs is 1. The van der Waals surface area contributed by atoms with Crippen LogP contribution in [0.4, 0.5) is 0 Å². The number of ether oxygens (including phenoxy) is 1. The smallest absolute Gasteiger partial charge is 0.311 e. The molecular weight excluding hydrogens is 364 g/mol. The van der Waals surface area contributed by atoms with Crippen molar-refractivity contribution in [1.82, 2.24) is 9.80 Å². The highest BCUT2D eigenvalue weighted by Crippen LogP contribution is 2.33. The van der Waals surface area contributed by atoms with Gasteiger partial charge in [-0.2, -0.15) is 0 Å². The lowest BCUT2D eigenvalue weighted by Gasteiger charge is -2.32. The van der Waals surface area contributed by atoms with E-state index < -0.39 is 0 Å². The van der Waals surface area contributed by atoms with Gasteiger partial charge in [0, 0.05) is 38.6 Å². The Balaban J connectivity index is 1.11. The second-order valence-electron chi connectivity index (χ2n) is 9.44. The molecule has 0 N–H and O–H groups in total. The summed E-state index contributed by atoms with van der Waals surface area (Å²) in [6, 6.07) is 6.93. The van der Waals surface area contributed by atoms with Crippen LogP contribution in [0, 0.1) is 11.8 Å². The zero-order chi connectivity index (χ0) is 19.8. The maximum atomic E-state index is 12.7. The maximum Gasteiger partial charge on any atom is 0.311 e. The maximum absolute atomic E-state index is 12.7. The SMILES string of the molecule is O=C(O[C@H]1CCN(Cc2ccc3c(c2)CCC3)C1)[C@H]1CCCN(C(=O)C2CC2)C1. The van der Waals surface area contributed by atoms with Gasteiger partial charge in [-0.25, -0.2) is 0 Å². The van der Waals surface area contributed by atoms with Crippen molar-refractivity contribution in [2.75, 3.05) is 26.2 Å². The number of amides is 1. The minimum atomic E-state index is -0.141. The molecule has 0 bridgehead atoms. The number of esters is 1. The molecule has 1 aromatic carbocycles. The number of piperidine rings is 1. The molecule has 1 saturated carbocycles. The van der Waals surface area contributed by atoms with Gasteiger partial charge in [-0.3, -0.25) is 14.5 Å². The average molecular weight is 397 g/mol. The molecule has 1 aromatic rings. The van der Waals surface area contributed by atoms with Gasteiger partial charge in [0.15, 0.2) is 0 Å². The third-order valence-electron chi connectivity index (χ3n) is 7.07. The minimum absolute atomic E-state index is 0.00793. The first-order valence-electron chi connectivity index (χ1n) is 11.5. The molecule has 2 aliphatic heterocycles. The molecule has 29 heavy (non-hydrogen) atoms. The Bertz CT molecular complexity index is 788. The van der Waals surface area contributed by atoms with Crippen LogP contribution in [-0.2, 0) is 33.7 Å². The van der Waals surface area contributed by atoms with Crippen LogP contribution in [0.3, 0.4) is 0 Å². The number of carbonyl (C=O) groups is 2. The van der Waals surface area contributed by atoms with Crippen LogP contribution >= 0.6 is 0 Å². The molecule has 0 unspecified atom stereocenters. The number of hydrogen-bond acceptors (Lipinski definition) is 4. The van der Waals surface area contributed by atoms with E-state index in [0.717, 1.165) is 58.3 Å². The molecule has 5 nitrogen and oxygen atoms in total. The fourth-order valence-corrected chi connectivity index (χ4v) is 5.24. The van der Waals surface area contributed by atoms with Gasteiger partial charge >= 0.3 is 5.97 Å². The Morgan fingerprint density at radius 2 is 1.79 bits per heavy atom. The number of hydrogen-bond donors (Lipinski definition) is 0. The average Bonchev–Trinajstić information content (AvgIpc) is 3.33. The second-order valence-corrected chi connectivity index (χ2v) is 9.44. The predicted octanol–water partition coefficient (Wildman–Crippen LogP) is 2.94. The molecule has 5 heteroatoms. The fraction of sp³-hybridized carbons (Fsp3) is 0.667. The van der Waals surface area contributed by atoms with Crippen LogP contribution in [0.2, 0.25) is 0 Å². The van der Waals surface area contributed by atoms with Crippen LogP contribution in [0.25, 0.3) is 0 Å². The standard InChI is InChI=1S/C24H32N2O3/c27-23(19-8-9-19)26-11-2-5-21(15-26)24(28)29-22-10-12-25(16-22)14-17-6-7-18-3-1-4-20(18)13-17/h6-7,13,19,21-22H,1-5,8-12,14-16H2/t21-,22-/m0/s1. The topological polar surface area (TPSA) is 49.9 Å². The van der Waals surface area contributed by atoms with Gasteiger partial charge in [0.05, 0.1) is 5.92 Å². The van der Waals surface area contributed by atoms with Gasteiger partial charge < -0.3 is 9.64 Å². The van der Waals surface area contributed by atoms with Crippen LogP contribution in [-0.4, -0.2) is 54.0 Å². The summed E-state index contributed by atoms with van der Waals surface area (Å²) >= 11 is 0. The Kier molecular flexibility index (Phi) is 5.33. The van der Waals surface area contributed by atoms with E-state index in [0.29, 0.717) is 6.54 Å². The molecule has 2 saturated heterocycles. The van der Waals surface area contributed by atoms with Crippen molar-refractivity contribution in [3.63, 3.8) is 0 Å². The lowest BCUT2D eigenvalue weighted by atomic mass is 9.97. The summed E-state index contributed by atoms with van der Waals surface area (Å²) in [4.78, 5) is 29.4. The van der Waals surface area contributed by atoms with Crippen molar-refractivity contribution in [2.45, 2.75) is 64.0 Å². The molecule has 0 aromatic heterocycles. The van der Waals surface area contributed by atoms with E-state index in [9.17, 15) is 9.59 Å². The van der Waals surface area contributed by atoms with Gasteiger partial charge in [0.1, 0.15) is 6.10 Å². The molecule has 3 fully saturated rings. The van der Waals surface area contributed by atoms with Crippen molar-refractivity contribution in [3.8, 4) is 0 Å². The Morgan fingerprint density at radius 3 is 2.66 bits per heavy atom. The van der Waals surface area contributed by atoms with E-state index in [1.54, 1.807) is 0 Å². The van der Waals surface area contributed by atoms with Gasteiger partial charge in [-0.1, -0.05) is 18.2 Å². The predicted molar refractivity (Wildman–Crippen MR) is 110 cm³/mol. The third kappa shape index (κ3) is 4.35. The zero-order valence-electron chi connectivity index (χ0n) is 17.3. The highest BCUT2D eigenvalue weighted by molar-refractivity contribution is 5.82. The van der Waals surface area contributed by atoms with Gasteiger partial charge in [-0.05, 0) is 68.1 Å². The van der Waals surface area contributed by atoms with Crippen molar-refractivity contribution in [2.24, 2.45) is 11.8 Å². The number of rotatable bonds is 5. The van der Waals surface area contributed by atoms with E-state index in [2.05, 4.69) is 23.1 Å². The molecule has 5 rings (SSSR count). The third-order valence-corrected chi connectivity index (χ3v) is 7.07. The van der Waals surface area contributed by atoms with Crippen molar-refractivity contribution < 1.29 is 14.3 Å². The normalized spacial score (nSPS) is 27.1. The Labute approximate surface area is 173 Å². The monoisotopic (exact) mass is 396 g/mol. The van der Waals surface area contributed by atoms with E-state index >= 15 is 0 Å². The van der Waals surface area contributed by atoms with E-state index in [1.165, 1.54) is 36.0 Å². The Hall–Kier alpha value is -1.88. The minimum Gasteiger partial charge on any atom is -0.461 e. The first-order chi connectivity index (χ1) is 14.2. The van der Waals surface area contributed by atoms with Crippen LogP contribution in [0.1, 0.15) is 55.2 Å². The number of nitrogens with zero attached hydrogens (tertiary/aromatic N) is 2. The zero-order valence-corrected chi connectivity index (χ0v) is 17.3. The second kappa shape index (κ2) is 8.10. The molecule has 4 aliphatic rings. The molecular formula is C24H32N2O3. The number of likely N-dealkylation sites (tertiary alicyclic amines) is 2. The van der Waals surface area contributed by atoms with Crippen molar-refractivity contribution in [1.29, 1.82) is 0 Å². The summed E-state index contributed by atoms with van der Waals surface area (Å²) in [5.74, 6) is 0.246. The van der Waals surface area contributed by atoms with E-state index in [-0.39, 0.29) is 29.8 Å². The summed E-state index contributed by atoms with van der Waals surface area (Å²) in [5.41, 5.74) is 4.41. The van der Waals surface area contributed by atoms with E-state index in [1.807, 2.05) is 4.90 Å². The summed E-state index contributed by atoms with van der Waals surface area (Å²) in [7, 11) is 0. The summed E-state index contributed by atoms with van der Waals surface area (Å²) < 4.78 is 5.88. The summed E-state index contributed by atoms with van der Waals surface area (Å²) in [6.07, 6.45) is 8.42. The molecule has 1 amide bonds. The molecule has 2 atom stereocenters.